The summed E-state index contributed by atoms with van der Waals surface area (Å²) in [4.78, 5) is 26.9. The van der Waals surface area contributed by atoms with Crippen molar-refractivity contribution in [2.75, 3.05) is 4.90 Å². The van der Waals surface area contributed by atoms with Crippen LogP contribution in [-0.4, -0.2) is 16.9 Å². The van der Waals surface area contributed by atoms with Gasteiger partial charge in [0.15, 0.2) is 5.11 Å². The summed E-state index contributed by atoms with van der Waals surface area (Å²) in [6.07, 6.45) is 1.55. The lowest BCUT2D eigenvalue weighted by Gasteiger charge is -2.29. The van der Waals surface area contributed by atoms with Crippen LogP contribution in [0.4, 0.5) is 5.69 Å². The topological polar surface area (TPSA) is 58.6 Å². The van der Waals surface area contributed by atoms with Gasteiger partial charge >= 0.3 is 0 Å². The fourth-order valence-electron chi connectivity index (χ4n) is 3.21. The average molecular weight is 586 g/mol. The van der Waals surface area contributed by atoms with Gasteiger partial charge in [-0.15, -0.1) is 0 Å². The maximum absolute atomic E-state index is 13.1. The Morgan fingerprint density at radius 1 is 1.00 bits per heavy atom. The summed E-state index contributed by atoms with van der Waals surface area (Å²) in [5.74, 6) is -0.310. The maximum atomic E-state index is 13.1. The highest BCUT2D eigenvalue weighted by Gasteiger charge is 2.34. The van der Waals surface area contributed by atoms with Gasteiger partial charge in [-0.2, -0.15) is 0 Å². The average Bonchev–Trinajstić information content (AvgIpc) is 2.78. The van der Waals surface area contributed by atoms with Gasteiger partial charge in [-0.1, -0.05) is 67.8 Å². The number of amides is 2. The Morgan fingerprint density at radius 3 is 2.36 bits per heavy atom. The number of hydrogen-bond donors (Lipinski definition) is 1. The first kappa shape index (κ1) is 23.4. The first-order valence-electron chi connectivity index (χ1n) is 9.97. The molecule has 1 saturated heterocycles. The second-order valence-corrected chi connectivity index (χ2v) is 9.54. The molecule has 1 fully saturated rings. The van der Waals surface area contributed by atoms with Crippen molar-refractivity contribution in [3.8, 4) is 5.75 Å². The molecule has 0 aromatic heterocycles. The van der Waals surface area contributed by atoms with Crippen LogP contribution in [0.15, 0.2) is 81.2 Å². The summed E-state index contributed by atoms with van der Waals surface area (Å²) in [7, 11) is 0. The standard InChI is InChI=1S/C25H18Br2N2O3S/c1-15-2-8-19(9-3-15)29-24(31)21(23(30)28-25(29)33)12-16-4-10-20(11-5-16)32-14-17-6-7-18(26)13-22(17)27/h2-13H,14H2,1H3,(H,28,30,33)/b21-12+. The first-order valence-corrected chi connectivity index (χ1v) is 12.0. The van der Waals surface area contributed by atoms with E-state index in [0.29, 0.717) is 23.6 Å². The van der Waals surface area contributed by atoms with Crippen LogP contribution in [-0.2, 0) is 16.2 Å². The van der Waals surface area contributed by atoms with Crippen molar-refractivity contribution in [1.82, 2.24) is 5.32 Å². The minimum atomic E-state index is -0.520. The van der Waals surface area contributed by atoms with Gasteiger partial charge < -0.3 is 4.74 Å². The number of carbonyl (C=O) groups is 2. The normalized spacial score (nSPS) is 15.1. The van der Waals surface area contributed by atoms with E-state index in [-0.39, 0.29) is 10.7 Å². The second-order valence-electron chi connectivity index (χ2n) is 7.39. The van der Waals surface area contributed by atoms with Gasteiger partial charge in [0.1, 0.15) is 17.9 Å². The Bertz CT molecular complexity index is 1270. The number of hydrogen-bond acceptors (Lipinski definition) is 4. The molecule has 0 spiro atoms. The van der Waals surface area contributed by atoms with E-state index >= 15 is 0 Å². The smallest absolute Gasteiger partial charge is 0.270 e. The van der Waals surface area contributed by atoms with Crippen LogP contribution in [0.25, 0.3) is 6.08 Å². The number of benzene rings is 3. The monoisotopic (exact) mass is 584 g/mol. The Kier molecular flexibility index (Phi) is 7.07. The highest BCUT2D eigenvalue weighted by molar-refractivity contribution is 9.11. The fourth-order valence-corrected chi connectivity index (χ4v) is 4.66. The minimum Gasteiger partial charge on any atom is -0.489 e. The van der Waals surface area contributed by atoms with Crippen molar-refractivity contribution < 1.29 is 14.3 Å². The molecule has 2 amide bonds. The number of nitrogens with one attached hydrogen (secondary N) is 1. The van der Waals surface area contributed by atoms with Crippen LogP contribution < -0.4 is 15.0 Å². The molecule has 1 heterocycles. The fraction of sp³-hybridized carbons (Fsp3) is 0.0800. The summed E-state index contributed by atoms with van der Waals surface area (Å²) in [6.45, 7) is 2.36. The van der Waals surface area contributed by atoms with E-state index in [1.165, 1.54) is 4.90 Å². The number of thiocarbonyl (C=S) groups is 1. The molecule has 166 valence electrons. The minimum absolute atomic E-state index is 0.0108. The molecule has 3 aromatic carbocycles. The number of carbonyl (C=O) groups excluding carboxylic acids is 2. The van der Waals surface area contributed by atoms with Crippen molar-refractivity contribution in [2.45, 2.75) is 13.5 Å². The molecule has 1 aliphatic heterocycles. The molecule has 3 aromatic rings. The number of anilines is 1. The summed E-state index contributed by atoms with van der Waals surface area (Å²) >= 11 is 12.2. The molecule has 0 bridgehead atoms. The van der Waals surface area contributed by atoms with E-state index < -0.39 is 11.8 Å². The molecule has 0 atom stereocenters. The highest BCUT2D eigenvalue weighted by Crippen LogP contribution is 2.25. The molecule has 1 aliphatic rings. The summed E-state index contributed by atoms with van der Waals surface area (Å²) < 4.78 is 7.80. The number of ether oxygens (including phenoxy) is 1. The Balaban J connectivity index is 1.51. The summed E-state index contributed by atoms with van der Waals surface area (Å²) in [5, 5.41) is 2.66. The van der Waals surface area contributed by atoms with Crippen LogP contribution in [0.3, 0.4) is 0 Å². The van der Waals surface area contributed by atoms with Crippen molar-refractivity contribution in [2.24, 2.45) is 0 Å². The largest absolute Gasteiger partial charge is 0.489 e. The Morgan fingerprint density at radius 2 is 1.70 bits per heavy atom. The molecule has 8 heteroatoms. The zero-order valence-corrected chi connectivity index (χ0v) is 21.5. The number of halogens is 2. The highest BCUT2D eigenvalue weighted by atomic mass is 79.9. The Hall–Kier alpha value is -2.81. The molecule has 0 saturated carbocycles. The Labute approximate surface area is 213 Å². The van der Waals surface area contributed by atoms with Crippen molar-refractivity contribution in [3.05, 3.63) is 97.9 Å². The summed E-state index contributed by atoms with van der Waals surface area (Å²) in [6, 6.07) is 20.4. The van der Waals surface area contributed by atoms with Gasteiger partial charge in [-0.05, 0) is 67.2 Å². The van der Waals surface area contributed by atoms with Crippen molar-refractivity contribution in [3.63, 3.8) is 0 Å². The summed E-state index contributed by atoms with van der Waals surface area (Å²) in [5.41, 5.74) is 3.38. The maximum Gasteiger partial charge on any atom is 0.270 e. The van der Waals surface area contributed by atoms with E-state index in [0.717, 1.165) is 20.1 Å². The van der Waals surface area contributed by atoms with Crippen LogP contribution >= 0.6 is 44.1 Å². The lowest BCUT2D eigenvalue weighted by atomic mass is 10.1. The van der Waals surface area contributed by atoms with E-state index in [1.807, 2.05) is 37.3 Å². The third-order valence-electron chi connectivity index (χ3n) is 4.99. The zero-order valence-electron chi connectivity index (χ0n) is 17.5. The molecule has 33 heavy (non-hydrogen) atoms. The van der Waals surface area contributed by atoms with E-state index in [1.54, 1.807) is 42.5 Å². The number of aryl methyl sites for hydroxylation is 1. The molecular weight excluding hydrogens is 568 g/mol. The zero-order chi connectivity index (χ0) is 23.5. The second kappa shape index (κ2) is 9.99. The molecule has 4 rings (SSSR count). The van der Waals surface area contributed by atoms with Gasteiger partial charge in [0.25, 0.3) is 11.8 Å². The van der Waals surface area contributed by atoms with Gasteiger partial charge in [0.2, 0.25) is 0 Å². The molecule has 0 aliphatic carbocycles. The van der Waals surface area contributed by atoms with Crippen LogP contribution in [0.2, 0.25) is 0 Å². The third-order valence-corrected chi connectivity index (χ3v) is 6.51. The molecule has 0 radical (unpaired) electrons. The lowest BCUT2D eigenvalue weighted by Crippen LogP contribution is -2.54. The van der Waals surface area contributed by atoms with Crippen molar-refractivity contribution in [1.29, 1.82) is 0 Å². The first-order chi connectivity index (χ1) is 15.8. The quantitative estimate of drug-likeness (QED) is 0.229. The van der Waals surface area contributed by atoms with Gasteiger partial charge in [-0.3, -0.25) is 19.8 Å². The van der Waals surface area contributed by atoms with Gasteiger partial charge in [0.05, 0.1) is 5.69 Å². The van der Waals surface area contributed by atoms with E-state index in [2.05, 4.69) is 37.2 Å². The molecule has 0 unspecified atom stereocenters. The predicted molar refractivity (Wildman–Crippen MR) is 140 cm³/mol. The molecule has 5 nitrogen and oxygen atoms in total. The number of rotatable bonds is 5. The molecular formula is C25H18Br2N2O3S. The molecule has 1 N–H and O–H groups in total. The van der Waals surface area contributed by atoms with Crippen molar-refractivity contribution >= 4 is 72.8 Å². The lowest BCUT2D eigenvalue weighted by molar-refractivity contribution is -0.122. The van der Waals surface area contributed by atoms with Crippen LogP contribution in [0, 0.1) is 6.92 Å². The van der Waals surface area contributed by atoms with E-state index in [9.17, 15) is 9.59 Å². The predicted octanol–water partition coefficient (Wildman–Crippen LogP) is 5.93. The van der Waals surface area contributed by atoms with Crippen LogP contribution in [0.1, 0.15) is 16.7 Å². The number of nitrogens with zero attached hydrogens (tertiary/aromatic N) is 1. The van der Waals surface area contributed by atoms with Gasteiger partial charge in [-0.25, -0.2) is 0 Å². The van der Waals surface area contributed by atoms with Crippen LogP contribution in [0.5, 0.6) is 5.75 Å². The SMILES string of the molecule is Cc1ccc(N2C(=O)/C(=C/c3ccc(OCc4ccc(Br)cc4Br)cc3)C(=O)NC2=S)cc1. The third kappa shape index (κ3) is 5.40. The van der Waals surface area contributed by atoms with E-state index in [4.69, 9.17) is 17.0 Å². The van der Waals surface area contributed by atoms with Gasteiger partial charge in [0, 0.05) is 14.5 Å².